The molecular formula is C21H25N9O2S. The maximum absolute atomic E-state index is 11.9. The zero-order valence-corrected chi connectivity index (χ0v) is 19.1. The van der Waals surface area contributed by atoms with Crippen LogP contribution < -0.4 is 26.6 Å². The summed E-state index contributed by atoms with van der Waals surface area (Å²) in [7, 11) is 2.12. The van der Waals surface area contributed by atoms with Gasteiger partial charge >= 0.3 is 0 Å². The van der Waals surface area contributed by atoms with E-state index in [2.05, 4.69) is 47.1 Å². The van der Waals surface area contributed by atoms with Gasteiger partial charge in [-0.2, -0.15) is 4.37 Å². The van der Waals surface area contributed by atoms with Crippen molar-refractivity contribution in [2.45, 2.75) is 6.92 Å². The number of rotatable bonds is 7. The quantitative estimate of drug-likeness (QED) is 0.411. The van der Waals surface area contributed by atoms with Gasteiger partial charge in [0.05, 0.1) is 35.0 Å². The Hall–Kier alpha value is -3.77. The maximum atomic E-state index is 11.9. The van der Waals surface area contributed by atoms with Crippen LogP contribution in [0, 0.1) is 0 Å². The first-order valence-corrected chi connectivity index (χ1v) is 11.1. The molecule has 5 N–H and O–H groups in total. The Morgan fingerprint density at radius 2 is 1.76 bits per heavy atom. The minimum Gasteiger partial charge on any atom is -0.368 e. The van der Waals surface area contributed by atoms with Crippen molar-refractivity contribution >= 4 is 57.0 Å². The molecule has 3 aromatic rings. The molecule has 2 amide bonds. The average molecular weight is 468 g/mol. The van der Waals surface area contributed by atoms with Gasteiger partial charge in [0, 0.05) is 45.4 Å². The van der Waals surface area contributed by atoms with Crippen LogP contribution in [-0.2, 0) is 4.79 Å². The number of pyridine rings is 2. The second-order valence-corrected chi connectivity index (χ2v) is 8.47. The van der Waals surface area contributed by atoms with Crippen LogP contribution in [-0.4, -0.2) is 64.3 Å². The van der Waals surface area contributed by atoms with E-state index in [-0.39, 0.29) is 11.5 Å². The maximum Gasteiger partial charge on any atom is 0.252 e. The first-order chi connectivity index (χ1) is 15.9. The molecule has 0 saturated carbocycles. The predicted octanol–water partition coefficient (Wildman–Crippen LogP) is 2.23. The lowest BCUT2D eigenvalue weighted by atomic mass is 10.2. The van der Waals surface area contributed by atoms with Crippen LogP contribution in [0.3, 0.4) is 0 Å². The van der Waals surface area contributed by atoms with Gasteiger partial charge in [-0.25, -0.2) is 9.97 Å². The zero-order chi connectivity index (χ0) is 23.4. The molecule has 12 heteroatoms. The van der Waals surface area contributed by atoms with E-state index in [0.717, 1.165) is 43.4 Å². The van der Waals surface area contributed by atoms with E-state index in [0.29, 0.717) is 28.0 Å². The lowest BCUT2D eigenvalue weighted by Gasteiger charge is -2.33. The molecule has 4 rings (SSSR count). The molecule has 0 bridgehead atoms. The Balaban J connectivity index is 1.51. The number of piperazine rings is 1. The summed E-state index contributed by atoms with van der Waals surface area (Å²) in [6.45, 7) is 5.39. The first kappa shape index (κ1) is 22.4. The molecular weight excluding hydrogens is 442 g/mol. The van der Waals surface area contributed by atoms with Gasteiger partial charge in [-0.1, -0.05) is 0 Å². The molecule has 0 unspecified atom stereocenters. The van der Waals surface area contributed by atoms with Gasteiger partial charge in [0.1, 0.15) is 16.6 Å². The number of amides is 2. The first-order valence-electron chi connectivity index (χ1n) is 10.3. The number of nitrogens with two attached hydrogens (primary N) is 1. The third-order valence-electron chi connectivity index (χ3n) is 5.17. The summed E-state index contributed by atoms with van der Waals surface area (Å²) < 4.78 is 4.09. The number of anilines is 6. The van der Waals surface area contributed by atoms with Crippen LogP contribution >= 0.6 is 11.5 Å². The molecule has 1 aliphatic heterocycles. The van der Waals surface area contributed by atoms with Crippen molar-refractivity contribution in [2.24, 2.45) is 5.73 Å². The van der Waals surface area contributed by atoms with E-state index in [9.17, 15) is 9.59 Å². The van der Waals surface area contributed by atoms with Gasteiger partial charge in [-0.15, -0.1) is 0 Å². The Bertz CT molecular complexity index is 1140. The van der Waals surface area contributed by atoms with E-state index in [1.54, 1.807) is 12.3 Å². The zero-order valence-electron chi connectivity index (χ0n) is 18.3. The van der Waals surface area contributed by atoms with Gasteiger partial charge in [-0.05, 0) is 30.7 Å². The van der Waals surface area contributed by atoms with Crippen molar-refractivity contribution in [2.75, 3.05) is 54.1 Å². The van der Waals surface area contributed by atoms with Gasteiger partial charge in [0.15, 0.2) is 0 Å². The molecule has 11 nitrogen and oxygen atoms in total. The van der Waals surface area contributed by atoms with Crippen LogP contribution in [0.5, 0.6) is 0 Å². The Labute approximate surface area is 195 Å². The number of nitrogens with one attached hydrogen (secondary N) is 3. The minimum atomic E-state index is -0.629. The molecule has 1 aliphatic rings. The van der Waals surface area contributed by atoms with Crippen molar-refractivity contribution in [3.05, 3.63) is 42.4 Å². The van der Waals surface area contributed by atoms with Crippen molar-refractivity contribution in [3.8, 4) is 0 Å². The second kappa shape index (κ2) is 9.79. The SMILES string of the molecule is CC(=O)Nc1sncc1Nc1cc(Nc2ccc(N3CCN(C)CC3)cn2)ncc1C(N)=O. The van der Waals surface area contributed by atoms with Crippen molar-refractivity contribution < 1.29 is 9.59 Å². The summed E-state index contributed by atoms with van der Waals surface area (Å²) in [5.74, 6) is 0.247. The number of primary amides is 1. The normalized spacial score (nSPS) is 14.1. The lowest BCUT2D eigenvalue weighted by Crippen LogP contribution is -2.44. The molecule has 1 saturated heterocycles. The monoisotopic (exact) mass is 467 g/mol. The van der Waals surface area contributed by atoms with Crippen LogP contribution in [0.4, 0.5) is 33.7 Å². The van der Waals surface area contributed by atoms with Gasteiger partial charge < -0.3 is 31.5 Å². The minimum absolute atomic E-state index is 0.207. The van der Waals surface area contributed by atoms with Crippen molar-refractivity contribution in [1.29, 1.82) is 0 Å². The van der Waals surface area contributed by atoms with E-state index in [4.69, 9.17) is 5.73 Å². The third kappa shape index (κ3) is 5.54. The number of carbonyl (C=O) groups excluding carboxylic acids is 2. The van der Waals surface area contributed by atoms with E-state index < -0.39 is 5.91 Å². The van der Waals surface area contributed by atoms with E-state index in [1.807, 2.05) is 18.3 Å². The highest BCUT2D eigenvalue weighted by molar-refractivity contribution is 7.11. The fourth-order valence-electron chi connectivity index (χ4n) is 3.39. The number of hydrogen-bond donors (Lipinski definition) is 4. The highest BCUT2D eigenvalue weighted by Crippen LogP contribution is 2.31. The lowest BCUT2D eigenvalue weighted by molar-refractivity contribution is -0.114. The second-order valence-electron chi connectivity index (χ2n) is 7.67. The largest absolute Gasteiger partial charge is 0.368 e. The Kier molecular flexibility index (Phi) is 6.66. The molecule has 0 atom stereocenters. The van der Waals surface area contributed by atoms with Gasteiger partial charge in [0.2, 0.25) is 5.91 Å². The topological polar surface area (TPSA) is 141 Å². The van der Waals surface area contributed by atoms with Crippen molar-refractivity contribution in [3.63, 3.8) is 0 Å². The molecule has 33 heavy (non-hydrogen) atoms. The van der Waals surface area contributed by atoms with Crippen molar-refractivity contribution in [1.82, 2.24) is 19.2 Å². The summed E-state index contributed by atoms with van der Waals surface area (Å²) in [6.07, 6.45) is 4.79. The van der Waals surface area contributed by atoms with Gasteiger partial charge in [0.25, 0.3) is 5.91 Å². The van der Waals surface area contributed by atoms with Crippen LogP contribution in [0.2, 0.25) is 0 Å². The number of hydrogen-bond acceptors (Lipinski definition) is 10. The van der Waals surface area contributed by atoms with Gasteiger partial charge in [-0.3, -0.25) is 9.59 Å². The number of carbonyl (C=O) groups is 2. The predicted molar refractivity (Wildman–Crippen MR) is 130 cm³/mol. The number of likely N-dealkylation sites (N-methyl/N-ethyl adjacent to an activating group) is 1. The molecule has 3 aromatic heterocycles. The number of nitrogens with zero attached hydrogens (tertiary/aromatic N) is 5. The average Bonchev–Trinajstić information content (AvgIpc) is 3.20. The smallest absolute Gasteiger partial charge is 0.252 e. The third-order valence-corrected chi connectivity index (χ3v) is 5.89. The van der Waals surface area contributed by atoms with Crippen LogP contribution in [0.15, 0.2) is 36.8 Å². The highest BCUT2D eigenvalue weighted by Gasteiger charge is 2.16. The molecule has 0 aromatic carbocycles. The molecule has 4 heterocycles. The summed E-state index contributed by atoms with van der Waals surface area (Å²) in [6, 6.07) is 5.57. The van der Waals surface area contributed by atoms with E-state index in [1.165, 1.54) is 13.1 Å². The van der Waals surface area contributed by atoms with Crippen LogP contribution in [0.1, 0.15) is 17.3 Å². The highest BCUT2D eigenvalue weighted by atomic mass is 32.1. The molecule has 0 aliphatic carbocycles. The van der Waals surface area contributed by atoms with Crippen LogP contribution in [0.25, 0.3) is 0 Å². The Morgan fingerprint density at radius 1 is 1.00 bits per heavy atom. The standard InChI is InChI=1S/C21H25N9O2S/c1-13(31)26-21-17(12-25-33-21)27-16-9-19(24-11-15(16)20(22)32)28-18-4-3-14(10-23-18)30-7-5-29(2)6-8-30/h3-4,9-12H,5-8H2,1-2H3,(H2,22,32)(H,26,31)(H2,23,24,27,28). The summed E-state index contributed by atoms with van der Waals surface area (Å²) in [5.41, 5.74) is 7.78. The fraction of sp³-hybridized carbons (Fsp3) is 0.286. The molecule has 172 valence electrons. The fourth-order valence-corrected chi connectivity index (χ4v) is 4.05. The summed E-state index contributed by atoms with van der Waals surface area (Å²) in [5, 5.41) is 9.50. The summed E-state index contributed by atoms with van der Waals surface area (Å²) >= 11 is 1.12. The molecule has 0 spiro atoms. The van der Waals surface area contributed by atoms with E-state index >= 15 is 0 Å². The summed E-state index contributed by atoms with van der Waals surface area (Å²) in [4.78, 5) is 36.7. The number of aromatic nitrogens is 3. The molecule has 1 fully saturated rings. The Morgan fingerprint density at radius 3 is 2.42 bits per heavy atom. The molecule has 0 radical (unpaired) electrons.